The monoisotopic (exact) mass is 235 g/mol. The Morgan fingerprint density at radius 2 is 1.88 bits per heavy atom. The minimum absolute atomic E-state index is 0.204. The zero-order valence-electron chi connectivity index (χ0n) is 11.5. The molecule has 1 aromatic rings. The Morgan fingerprint density at radius 1 is 1.24 bits per heavy atom. The van der Waals surface area contributed by atoms with Crippen molar-refractivity contribution in [3.63, 3.8) is 0 Å². The summed E-state index contributed by atoms with van der Waals surface area (Å²) < 4.78 is 0. The number of benzene rings is 1. The molecular formula is C15H25NO. The Bertz CT molecular complexity index is 345. The maximum Gasteiger partial charge on any atom is 0.120 e. The number of rotatable bonds is 6. The highest BCUT2D eigenvalue weighted by Crippen LogP contribution is 2.25. The van der Waals surface area contributed by atoms with Crippen molar-refractivity contribution in [3.05, 3.63) is 29.3 Å². The summed E-state index contributed by atoms with van der Waals surface area (Å²) in [5, 5.41) is 13.4. The molecule has 1 aromatic carbocycles. The lowest BCUT2D eigenvalue weighted by Gasteiger charge is -2.20. The van der Waals surface area contributed by atoms with E-state index in [1.165, 1.54) is 18.4 Å². The normalized spacial score (nSPS) is 13.0. The summed E-state index contributed by atoms with van der Waals surface area (Å²) >= 11 is 0. The maximum atomic E-state index is 9.84. The lowest BCUT2D eigenvalue weighted by Crippen LogP contribution is -2.25. The average molecular weight is 235 g/mol. The average Bonchev–Trinajstić information content (AvgIpc) is 2.33. The van der Waals surface area contributed by atoms with Gasteiger partial charge in [0.2, 0.25) is 0 Å². The minimum Gasteiger partial charge on any atom is -0.508 e. The van der Waals surface area contributed by atoms with Gasteiger partial charge >= 0.3 is 0 Å². The van der Waals surface area contributed by atoms with Crippen LogP contribution in [0, 0.1) is 12.8 Å². The molecule has 1 unspecified atom stereocenters. The second-order valence-corrected chi connectivity index (χ2v) is 4.87. The summed E-state index contributed by atoms with van der Waals surface area (Å²) in [6.45, 7) is 9.63. The second-order valence-electron chi connectivity index (χ2n) is 4.87. The van der Waals surface area contributed by atoms with Crippen LogP contribution >= 0.6 is 0 Å². The van der Waals surface area contributed by atoms with Crippen LogP contribution in [0.25, 0.3) is 0 Å². The molecule has 2 heteroatoms. The van der Waals surface area contributed by atoms with Crippen molar-refractivity contribution in [2.24, 2.45) is 5.92 Å². The molecule has 96 valence electrons. The molecule has 0 spiro atoms. The number of hydrogen-bond acceptors (Lipinski definition) is 2. The van der Waals surface area contributed by atoms with Gasteiger partial charge < -0.3 is 10.4 Å². The minimum atomic E-state index is 0.204. The van der Waals surface area contributed by atoms with E-state index in [0.717, 1.165) is 18.0 Å². The molecule has 0 fully saturated rings. The van der Waals surface area contributed by atoms with Crippen molar-refractivity contribution >= 4 is 0 Å². The van der Waals surface area contributed by atoms with Gasteiger partial charge in [0.05, 0.1) is 0 Å². The van der Waals surface area contributed by atoms with Crippen molar-refractivity contribution in [2.75, 3.05) is 6.54 Å². The van der Waals surface area contributed by atoms with Crippen LogP contribution in [-0.2, 0) is 0 Å². The van der Waals surface area contributed by atoms with Crippen molar-refractivity contribution < 1.29 is 5.11 Å². The molecule has 0 aliphatic carbocycles. The molecule has 0 saturated carbocycles. The van der Waals surface area contributed by atoms with Crippen LogP contribution < -0.4 is 5.32 Å². The summed E-state index contributed by atoms with van der Waals surface area (Å²) in [4.78, 5) is 0. The topological polar surface area (TPSA) is 32.3 Å². The standard InChI is InChI=1S/C15H25NO/c1-5-13(6-2)10-16-12(4)14-9-11(3)7-8-15(14)17/h7-9,12-13,16-17H,5-6,10H2,1-4H3. The van der Waals surface area contributed by atoms with E-state index < -0.39 is 0 Å². The Hall–Kier alpha value is -1.02. The first-order valence-electron chi connectivity index (χ1n) is 6.61. The third-order valence-corrected chi connectivity index (χ3v) is 3.52. The first-order valence-corrected chi connectivity index (χ1v) is 6.61. The summed E-state index contributed by atoms with van der Waals surface area (Å²) in [6.07, 6.45) is 2.41. The quantitative estimate of drug-likeness (QED) is 0.786. The molecule has 0 aliphatic heterocycles. The van der Waals surface area contributed by atoms with Crippen molar-refractivity contribution in [2.45, 2.75) is 46.6 Å². The predicted octanol–water partition coefficient (Wildman–Crippen LogP) is 3.79. The fourth-order valence-corrected chi connectivity index (χ4v) is 2.05. The molecular weight excluding hydrogens is 210 g/mol. The van der Waals surface area contributed by atoms with Crippen LogP contribution in [0.15, 0.2) is 18.2 Å². The zero-order valence-corrected chi connectivity index (χ0v) is 11.5. The third-order valence-electron chi connectivity index (χ3n) is 3.52. The summed E-state index contributed by atoms with van der Waals surface area (Å²) in [5.41, 5.74) is 2.19. The molecule has 0 radical (unpaired) electrons. The lowest BCUT2D eigenvalue weighted by molar-refractivity contribution is 0.409. The summed E-state index contributed by atoms with van der Waals surface area (Å²) in [5.74, 6) is 1.12. The number of aryl methyl sites for hydroxylation is 1. The molecule has 0 bridgehead atoms. The van der Waals surface area contributed by atoms with E-state index in [9.17, 15) is 5.11 Å². The predicted molar refractivity (Wildman–Crippen MR) is 73.3 cm³/mol. The number of nitrogens with one attached hydrogen (secondary N) is 1. The van der Waals surface area contributed by atoms with Crippen LogP contribution in [-0.4, -0.2) is 11.7 Å². The lowest BCUT2D eigenvalue weighted by atomic mass is 10.0. The Balaban J connectivity index is 2.63. The van der Waals surface area contributed by atoms with E-state index >= 15 is 0 Å². The van der Waals surface area contributed by atoms with Gasteiger partial charge in [0, 0.05) is 11.6 Å². The van der Waals surface area contributed by atoms with Gasteiger partial charge in [-0.2, -0.15) is 0 Å². The highest BCUT2D eigenvalue weighted by molar-refractivity contribution is 5.37. The Labute approximate surface area is 105 Å². The number of phenols is 1. The van der Waals surface area contributed by atoms with E-state index in [1.807, 2.05) is 6.07 Å². The van der Waals surface area contributed by atoms with E-state index in [-0.39, 0.29) is 6.04 Å². The van der Waals surface area contributed by atoms with E-state index in [4.69, 9.17) is 0 Å². The van der Waals surface area contributed by atoms with E-state index in [2.05, 4.69) is 39.1 Å². The van der Waals surface area contributed by atoms with Crippen molar-refractivity contribution in [1.29, 1.82) is 0 Å². The summed E-state index contributed by atoms with van der Waals surface area (Å²) in [7, 11) is 0. The largest absolute Gasteiger partial charge is 0.508 e. The first-order chi connectivity index (χ1) is 8.08. The molecule has 17 heavy (non-hydrogen) atoms. The Morgan fingerprint density at radius 3 is 2.47 bits per heavy atom. The van der Waals surface area contributed by atoms with E-state index in [1.54, 1.807) is 6.07 Å². The molecule has 0 heterocycles. The molecule has 1 rings (SSSR count). The van der Waals surface area contributed by atoms with Gasteiger partial charge in [-0.15, -0.1) is 0 Å². The molecule has 0 amide bonds. The van der Waals surface area contributed by atoms with Gasteiger partial charge in [-0.25, -0.2) is 0 Å². The van der Waals surface area contributed by atoms with Gasteiger partial charge in [0.25, 0.3) is 0 Å². The molecule has 0 aromatic heterocycles. The SMILES string of the molecule is CCC(CC)CNC(C)c1cc(C)ccc1O. The van der Waals surface area contributed by atoms with Crippen molar-refractivity contribution in [3.8, 4) is 5.75 Å². The zero-order chi connectivity index (χ0) is 12.8. The van der Waals surface area contributed by atoms with Gasteiger partial charge in [-0.05, 0) is 32.4 Å². The molecule has 0 saturated heterocycles. The van der Waals surface area contributed by atoms with Crippen LogP contribution in [0.3, 0.4) is 0 Å². The van der Waals surface area contributed by atoms with Gasteiger partial charge in [-0.3, -0.25) is 0 Å². The maximum absolute atomic E-state index is 9.84. The van der Waals surface area contributed by atoms with Crippen LogP contribution in [0.4, 0.5) is 0 Å². The number of aromatic hydroxyl groups is 1. The highest BCUT2D eigenvalue weighted by Gasteiger charge is 2.11. The molecule has 1 atom stereocenters. The number of hydrogen-bond donors (Lipinski definition) is 2. The van der Waals surface area contributed by atoms with Crippen LogP contribution in [0.1, 0.15) is 50.8 Å². The van der Waals surface area contributed by atoms with E-state index in [0.29, 0.717) is 5.75 Å². The van der Waals surface area contributed by atoms with Gasteiger partial charge in [0.15, 0.2) is 0 Å². The number of phenolic OH excluding ortho intramolecular Hbond substituents is 1. The van der Waals surface area contributed by atoms with Gasteiger partial charge in [-0.1, -0.05) is 44.4 Å². The fraction of sp³-hybridized carbons (Fsp3) is 0.600. The summed E-state index contributed by atoms with van der Waals surface area (Å²) in [6, 6.07) is 5.97. The third kappa shape index (κ3) is 4.04. The fourth-order valence-electron chi connectivity index (χ4n) is 2.05. The van der Waals surface area contributed by atoms with Crippen molar-refractivity contribution in [1.82, 2.24) is 5.32 Å². The molecule has 2 N–H and O–H groups in total. The molecule has 0 aliphatic rings. The van der Waals surface area contributed by atoms with Crippen LogP contribution in [0.5, 0.6) is 5.75 Å². The van der Waals surface area contributed by atoms with Gasteiger partial charge in [0.1, 0.15) is 5.75 Å². The molecule has 2 nitrogen and oxygen atoms in total. The second kappa shape index (κ2) is 6.65. The first kappa shape index (κ1) is 14.0. The van der Waals surface area contributed by atoms with Crippen LogP contribution in [0.2, 0.25) is 0 Å². The highest BCUT2D eigenvalue weighted by atomic mass is 16.3. The smallest absolute Gasteiger partial charge is 0.120 e. The Kier molecular flexibility index (Phi) is 5.49.